The number of nitrogens with one attached hydrogen (secondary N) is 2. The minimum atomic E-state index is -0.493. The van der Waals surface area contributed by atoms with Crippen molar-refractivity contribution in [1.29, 1.82) is 0 Å². The van der Waals surface area contributed by atoms with Gasteiger partial charge in [-0.05, 0) is 5.56 Å². The maximum atomic E-state index is 11.7. The molecule has 0 saturated heterocycles. The average Bonchev–Trinajstić information content (AvgIpc) is 2.94. The van der Waals surface area contributed by atoms with E-state index in [4.69, 9.17) is 0 Å². The number of hydrogen-bond acceptors (Lipinski definition) is 6. The molecule has 2 heterocycles. The highest BCUT2D eigenvalue weighted by Gasteiger charge is 2.06. The quantitative estimate of drug-likeness (QED) is 0.425. The van der Waals surface area contributed by atoms with Gasteiger partial charge in [-0.25, -0.2) is 9.98 Å². The van der Waals surface area contributed by atoms with Crippen LogP contribution in [0.2, 0.25) is 0 Å². The van der Waals surface area contributed by atoms with Crippen LogP contribution < -0.4 is 5.56 Å². The molecule has 1 aromatic carbocycles. The van der Waals surface area contributed by atoms with E-state index in [-0.39, 0.29) is 28.4 Å². The molecule has 0 radical (unpaired) electrons. The van der Waals surface area contributed by atoms with Crippen molar-refractivity contribution in [2.45, 2.75) is 0 Å². The van der Waals surface area contributed by atoms with Crippen molar-refractivity contribution in [1.82, 2.24) is 19.9 Å². The number of aromatic amines is 2. The predicted octanol–water partition coefficient (Wildman–Crippen LogP) is 1.30. The van der Waals surface area contributed by atoms with E-state index in [9.17, 15) is 14.9 Å². The van der Waals surface area contributed by atoms with Crippen molar-refractivity contribution in [3.63, 3.8) is 0 Å². The summed E-state index contributed by atoms with van der Waals surface area (Å²) >= 11 is 0. The van der Waals surface area contributed by atoms with Gasteiger partial charge in [-0.3, -0.25) is 19.9 Å². The zero-order valence-corrected chi connectivity index (χ0v) is 10.5. The third kappa shape index (κ3) is 2.52. The Morgan fingerprint density at radius 1 is 1.38 bits per heavy atom. The lowest BCUT2D eigenvalue weighted by Crippen LogP contribution is -2.07. The number of H-pyrrole nitrogens is 2. The molecule has 0 amide bonds. The highest BCUT2D eigenvalue weighted by Crippen LogP contribution is 2.12. The fraction of sp³-hybridized carbons (Fsp3) is 0. The molecule has 0 unspecified atom stereocenters. The Bertz CT molecular complexity index is 910. The fourth-order valence-corrected chi connectivity index (χ4v) is 1.75. The van der Waals surface area contributed by atoms with Gasteiger partial charge < -0.3 is 4.98 Å². The maximum absolute atomic E-state index is 11.7. The van der Waals surface area contributed by atoms with Gasteiger partial charge in [-0.2, -0.15) is 4.98 Å². The lowest BCUT2D eigenvalue weighted by molar-refractivity contribution is -0.384. The largest absolute Gasteiger partial charge is 0.339 e. The summed E-state index contributed by atoms with van der Waals surface area (Å²) in [6.45, 7) is 0. The average molecular weight is 284 g/mol. The third-order valence-electron chi connectivity index (χ3n) is 2.70. The van der Waals surface area contributed by atoms with E-state index in [2.05, 4.69) is 24.9 Å². The van der Waals surface area contributed by atoms with Crippen LogP contribution in [0, 0.1) is 10.1 Å². The van der Waals surface area contributed by atoms with E-state index in [0.29, 0.717) is 5.56 Å². The number of imidazole rings is 1. The summed E-state index contributed by atoms with van der Waals surface area (Å²) in [4.78, 5) is 38.9. The summed E-state index contributed by atoms with van der Waals surface area (Å²) in [5.41, 5.74) is 0.620. The Kier molecular flexibility index (Phi) is 2.99. The predicted molar refractivity (Wildman–Crippen MR) is 74.9 cm³/mol. The molecule has 3 aromatic rings. The van der Waals surface area contributed by atoms with Gasteiger partial charge in [0.15, 0.2) is 11.2 Å². The lowest BCUT2D eigenvalue weighted by Gasteiger charge is -1.95. The normalized spacial score (nSPS) is 11.2. The molecule has 3 rings (SSSR count). The fourth-order valence-electron chi connectivity index (χ4n) is 1.75. The number of aliphatic imine (C=N–C) groups is 1. The number of hydrogen-bond donors (Lipinski definition) is 2. The molecule has 0 aliphatic carbocycles. The summed E-state index contributed by atoms with van der Waals surface area (Å²) in [7, 11) is 0. The number of benzene rings is 1. The second-order valence-electron chi connectivity index (χ2n) is 4.10. The molecule has 0 bridgehead atoms. The van der Waals surface area contributed by atoms with Crippen LogP contribution in [0.3, 0.4) is 0 Å². The Balaban J connectivity index is 1.95. The minimum absolute atomic E-state index is 0.0387. The molecular weight excluding hydrogens is 276 g/mol. The number of nitro benzene ring substituents is 1. The van der Waals surface area contributed by atoms with Crippen molar-refractivity contribution < 1.29 is 4.92 Å². The molecule has 0 saturated carbocycles. The molecule has 9 heteroatoms. The molecule has 0 aliphatic heterocycles. The number of nitrogens with zero attached hydrogens (tertiary/aromatic N) is 4. The number of aromatic nitrogens is 4. The summed E-state index contributed by atoms with van der Waals surface area (Å²) in [6, 6.07) is 5.95. The van der Waals surface area contributed by atoms with Gasteiger partial charge in [0.25, 0.3) is 11.2 Å². The van der Waals surface area contributed by atoms with E-state index >= 15 is 0 Å². The zero-order valence-electron chi connectivity index (χ0n) is 10.5. The Morgan fingerprint density at radius 2 is 2.24 bits per heavy atom. The van der Waals surface area contributed by atoms with Gasteiger partial charge in [0.1, 0.15) is 0 Å². The molecule has 0 aliphatic rings. The van der Waals surface area contributed by atoms with E-state index in [0.717, 1.165) is 0 Å². The Hall–Kier alpha value is -3.36. The molecule has 9 nitrogen and oxygen atoms in total. The molecule has 0 atom stereocenters. The van der Waals surface area contributed by atoms with Gasteiger partial charge in [-0.15, -0.1) is 0 Å². The molecular formula is C12H8N6O3. The number of fused-ring (bicyclic) bond motifs is 1. The third-order valence-corrected chi connectivity index (χ3v) is 2.70. The lowest BCUT2D eigenvalue weighted by atomic mass is 10.2. The molecule has 104 valence electrons. The highest BCUT2D eigenvalue weighted by atomic mass is 16.6. The van der Waals surface area contributed by atoms with E-state index in [1.165, 1.54) is 24.7 Å². The van der Waals surface area contributed by atoms with Gasteiger partial charge >= 0.3 is 0 Å². The number of non-ortho nitro benzene ring substituents is 1. The second-order valence-corrected chi connectivity index (χ2v) is 4.10. The van der Waals surface area contributed by atoms with Crippen LogP contribution in [0.1, 0.15) is 5.56 Å². The Morgan fingerprint density at radius 3 is 3.05 bits per heavy atom. The van der Waals surface area contributed by atoms with Crippen molar-refractivity contribution >= 4 is 29.0 Å². The van der Waals surface area contributed by atoms with Crippen LogP contribution in [0.15, 0.2) is 40.4 Å². The van der Waals surface area contributed by atoms with Crippen molar-refractivity contribution in [2.75, 3.05) is 0 Å². The van der Waals surface area contributed by atoms with E-state index in [1.54, 1.807) is 12.1 Å². The summed E-state index contributed by atoms with van der Waals surface area (Å²) in [6.07, 6.45) is 2.74. The number of rotatable bonds is 3. The first-order valence-electron chi connectivity index (χ1n) is 5.85. The molecule has 0 spiro atoms. The van der Waals surface area contributed by atoms with Crippen molar-refractivity contribution in [2.24, 2.45) is 4.99 Å². The molecule has 0 fully saturated rings. The van der Waals surface area contributed by atoms with Crippen LogP contribution in [0.25, 0.3) is 11.2 Å². The van der Waals surface area contributed by atoms with Crippen LogP contribution in [0.5, 0.6) is 0 Å². The monoisotopic (exact) mass is 284 g/mol. The maximum Gasteiger partial charge on any atom is 0.278 e. The molecule has 2 aromatic heterocycles. The van der Waals surface area contributed by atoms with Crippen LogP contribution in [0.4, 0.5) is 11.6 Å². The zero-order chi connectivity index (χ0) is 14.8. The highest BCUT2D eigenvalue weighted by molar-refractivity contribution is 5.82. The van der Waals surface area contributed by atoms with Gasteiger partial charge in [0.2, 0.25) is 5.95 Å². The SMILES string of the molecule is O=c1[nH]c(N=Cc2cccc([N+](=O)[O-])c2)nc2nc[nH]c12. The van der Waals surface area contributed by atoms with Crippen LogP contribution in [-0.4, -0.2) is 31.1 Å². The standard InChI is InChI=1S/C12H8N6O3/c19-11-9-10(15-6-14-9)16-12(17-11)13-5-7-2-1-3-8(4-7)18(20)21/h1-6H,(H2,14,15,16,17,19). The van der Waals surface area contributed by atoms with E-state index in [1.807, 2.05) is 0 Å². The second kappa shape index (κ2) is 4.96. The van der Waals surface area contributed by atoms with Crippen molar-refractivity contribution in [3.8, 4) is 0 Å². The smallest absolute Gasteiger partial charge is 0.278 e. The first kappa shape index (κ1) is 12.7. The molecule has 21 heavy (non-hydrogen) atoms. The summed E-state index contributed by atoms with van der Waals surface area (Å²) in [5, 5.41) is 10.7. The van der Waals surface area contributed by atoms with Crippen LogP contribution >= 0.6 is 0 Å². The first-order valence-corrected chi connectivity index (χ1v) is 5.85. The first-order chi connectivity index (χ1) is 10.1. The van der Waals surface area contributed by atoms with Gasteiger partial charge in [-0.1, -0.05) is 12.1 Å². The molecule has 2 N–H and O–H groups in total. The van der Waals surface area contributed by atoms with Gasteiger partial charge in [0, 0.05) is 18.3 Å². The van der Waals surface area contributed by atoms with Gasteiger partial charge in [0.05, 0.1) is 11.3 Å². The minimum Gasteiger partial charge on any atom is -0.339 e. The van der Waals surface area contributed by atoms with Crippen LogP contribution in [-0.2, 0) is 0 Å². The summed E-state index contributed by atoms with van der Waals surface area (Å²) in [5.74, 6) is 0.0751. The van der Waals surface area contributed by atoms with Crippen molar-refractivity contribution in [3.05, 3.63) is 56.6 Å². The van der Waals surface area contributed by atoms with E-state index < -0.39 is 4.92 Å². The Labute approximate surface area is 116 Å². The number of nitro groups is 1. The topological polar surface area (TPSA) is 130 Å². The summed E-state index contributed by atoms with van der Waals surface area (Å²) < 4.78 is 0.